The summed E-state index contributed by atoms with van der Waals surface area (Å²) in [5.41, 5.74) is 3.56. The van der Waals surface area contributed by atoms with Gasteiger partial charge in [0.15, 0.2) is 0 Å². The first-order valence-corrected chi connectivity index (χ1v) is 9.63. The molecule has 3 aromatic rings. The summed E-state index contributed by atoms with van der Waals surface area (Å²) in [6, 6.07) is 24.3. The van der Waals surface area contributed by atoms with Gasteiger partial charge in [0.1, 0.15) is 5.75 Å². The van der Waals surface area contributed by atoms with E-state index in [0.717, 1.165) is 22.6 Å². The Balaban J connectivity index is 1.86. The SMILES string of the molecule is COc1ccc(N(C/C(C)=C/c2ccccc2)C(=O)Nc2cccc(Cl)c2)cc1. The molecule has 29 heavy (non-hydrogen) atoms. The lowest BCUT2D eigenvalue weighted by Gasteiger charge is -2.24. The number of nitrogens with one attached hydrogen (secondary N) is 1. The fourth-order valence-electron chi connectivity index (χ4n) is 2.93. The van der Waals surface area contributed by atoms with Crippen molar-refractivity contribution in [2.75, 3.05) is 23.9 Å². The zero-order chi connectivity index (χ0) is 20.6. The van der Waals surface area contributed by atoms with Crippen LogP contribution < -0.4 is 15.0 Å². The predicted octanol–water partition coefficient (Wildman–Crippen LogP) is 6.49. The Kier molecular flexibility index (Phi) is 6.93. The van der Waals surface area contributed by atoms with Gasteiger partial charge in [0.2, 0.25) is 0 Å². The van der Waals surface area contributed by atoms with Gasteiger partial charge in [-0.15, -0.1) is 0 Å². The molecule has 3 aromatic carbocycles. The highest BCUT2D eigenvalue weighted by Crippen LogP contribution is 2.23. The highest BCUT2D eigenvalue weighted by atomic mass is 35.5. The number of amides is 2. The van der Waals surface area contributed by atoms with Crippen LogP contribution in [0.25, 0.3) is 6.08 Å². The molecule has 0 spiro atoms. The highest BCUT2D eigenvalue weighted by molar-refractivity contribution is 6.30. The van der Waals surface area contributed by atoms with Gasteiger partial charge in [-0.1, -0.05) is 59.6 Å². The molecule has 0 bridgehead atoms. The van der Waals surface area contributed by atoms with Crippen LogP contribution in [0, 0.1) is 0 Å². The molecule has 5 heteroatoms. The predicted molar refractivity (Wildman–Crippen MR) is 121 cm³/mol. The molecular formula is C24H23ClN2O2. The monoisotopic (exact) mass is 406 g/mol. The van der Waals surface area contributed by atoms with Gasteiger partial charge in [-0.05, 0) is 55.0 Å². The number of carbonyl (C=O) groups excluding carboxylic acids is 1. The first kappa shape index (κ1) is 20.5. The van der Waals surface area contributed by atoms with Gasteiger partial charge in [0.25, 0.3) is 0 Å². The molecule has 0 atom stereocenters. The van der Waals surface area contributed by atoms with E-state index in [1.54, 1.807) is 30.2 Å². The van der Waals surface area contributed by atoms with Gasteiger partial charge in [-0.2, -0.15) is 0 Å². The third-order valence-corrected chi connectivity index (χ3v) is 4.56. The second-order valence-electron chi connectivity index (χ2n) is 6.63. The summed E-state index contributed by atoms with van der Waals surface area (Å²) in [6.07, 6.45) is 2.07. The molecule has 0 fully saturated rings. The van der Waals surface area contributed by atoms with Gasteiger partial charge < -0.3 is 10.1 Å². The molecule has 2 amide bonds. The Morgan fingerprint density at radius 3 is 2.41 bits per heavy atom. The minimum atomic E-state index is -0.238. The Morgan fingerprint density at radius 1 is 1.03 bits per heavy atom. The van der Waals surface area contributed by atoms with Crippen molar-refractivity contribution < 1.29 is 9.53 Å². The van der Waals surface area contributed by atoms with Crippen molar-refractivity contribution in [1.29, 1.82) is 0 Å². The smallest absolute Gasteiger partial charge is 0.326 e. The number of hydrogen-bond donors (Lipinski definition) is 1. The molecule has 0 aliphatic heterocycles. The fourth-order valence-corrected chi connectivity index (χ4v) is 3.12. The molecule has 1 N–H and O–H groups in total. The number of ether oxygens (including phenoxy) is 1. The van der Waals surface area contributed by atoms with Crippen molar-refractivity contribution in [2.45, 2.75) is 6.92 Å². The maximum atomic E-state index is 13.1. The lowest BCUT2D eigenvalue weighted by molar-refractivity contribution is 0.257. The van der Waals surface area contributed by atoms with E-state index in [0.29, 0.717) is 17.3 Å². The lowest BCUT2D eigenvalue weighted by atomic mass is 10.1. The number of nitrogens with zero attached hydrogens (tertiary/aromatic N) is 1. The number of carbonyl (C=O) groups is 1. The van der Waals surface area contributed by atoms with Gasteiger partial charge in [0.05, 0.1) is 7.11 Å². The van der Waals surface area contributed by atoms with Crippen LogP contribution in [0.4, 0.5) is 16.2 Å². The summed E-state index contributed by atoms with van der Waals surface area (Å²) in [5, 5.41) is 3.49. The molecule has 4 nitrogen and oxygen atoms in total. The standard InChI is InChI=1S/C24H23ClN2O2/c1-18(15-19-7-4-3-5-8-19)17-27(22-11-13-23(29-2)14-12-22)24(28)26-21-10-6-9-20(25)16-21/h3-16H,17H2,1-2H3,(H,26,28)/b18-15+. The van der Waals surface area contributed by atoms with Crippen molar-refractivity contribution >= 4 is 35.1 Å². The van der Waals surface area contributed by atoms with Gasteiger partial charge in [0, 0.05) is 22.9 Å². The van der Waals surface area contributed by atoms with Crippen molar-refractivity contribution in [2.24, 2.45) is 0 Å². The number of methoxy groups -OCH3 is 1. The van der Waals surface area contributed by atoms with E-state index in [1.807, 2.05) is 67.6 Å². The van der Waals surface area contributed by atoms with Crippen LogP contribution in [-0.2, 0) is 0 Å². The molecular weight excluding hydrogens is 384 g/mol. The van der Waals surface area contributed by atoms with Crippen LogP contribution in [0.5, 0.6) is 5.75 Å². The average Bonchev–Trinajstić information content (AvgIpc) is 2.73. The maximum absolute atomic E-state index is 13.1. The molecule has 0 aliphatic rings. The number of anilines is 2. The highest BCUT2D eigenvalue weighted by Gasteiger charge is 2.17. The van der Waals surface area contributed by atoms with Crippen molar-refractivity contribution in [3.63, 3.8) is 0 Å². The first-order valence-electron chi connectivity index (χ1n) is 9.25. The number of hydrogen-bond acceptors (Lipinski definition) is 2. The van der Waals surface area contributed by atoms with Crippen LogP contribution in [0.2, 0.25) is 5.02 Å². The zero-order valence-corrected chi connectivity index (χ0v) is 17.2. The van der Waals surface area contributed by atoms with Gasteiger partial charge in [-0.25, -0.2) is 4.79 Å². The molecule has 0 radical (unpaired) electrons. The average molecular weight is 407 g/mol. The minimum absolute atomic E-state index is 0.238. The van der Waals surface area contributed by atoms with E-state index in [9.17, 15) is 4.79 Å². The number of halogens is 1. The normalized spacial score (nSPS) is 11.1. The van der Waals surface area contributed by atoms with Crippen molar-refractivity contribution in [3.8, 4) is 5.75 Å². The van der Waals surface area contributed by atoms with Crippen LogP contribution in [0.1, 0.15) is 12.5 Å². The molecule has 3 rings (SSSR count). The second kappa shape index (κ2) is 9.80. The van der Waals surface area contributed by atoms with Crippen LogP contribution in [0.3, 0.4) is 0 Å². The van der Waals surface area contributed by atoms with E-state index < -0.39 is 0 Å². The Labute approximate surface area is 176 Å². The van der Waals surface area contributed by atoms with Crippen molar-refractivity contribution in [3.05, 3.63) is 95.0 Å². The minimum Gasteiger partial charge on any atom is -0.497 e. The number of urea groups is 1. The van der Waals surface area contributed by atoms with Crippen LogP contribution in [-0.4, -0.2) is 19.7 Å². The summed E-state index contributed by atoms with van der Waals surface area (Å²) in [5.74, 6) is 0.737. The van der Waals surface area contributed by atoms with E-state index >= 15 is 0 Å². The van der Waals surface area contributed by atoms with Crippen LogP contribution in [0.15, 0.2) is 84.4 Å². The Morgan fingerprint density at radius 2 is 1.76 bits per heavy atom. The molecule has 148 valence electrons. The second-order valence-corrected chi connectivity index (χ2v) is 7.06. The topological polar surface area (TPSA) is 41.6 Å². The Hall–Kier alpha value is -3.24. The van der Waals surface area contributed by atoms with E-state index in [-0.39, 0.29) is 6.03 Å². The van der Waals surface area contributed by atoms with E-state index in [2.05, 4.69) is 11.4 Å². The summed E-state index contributed by atoms with van der Waals surface area (Å²) >= 11 is 6.04. The zero-order valence-electron chi connectivity index (χ0n) is 16.4. The summed E-state index contributed by atoms with van der Waals surface area (Å²) in [6.45, 7) is 2.45. The van der Waals surface area contributed by atoms with Gasteiger partial charge in [-0.3, -0.25) is 4.90 Å². The summed E-state index contributed by atoms with van der Waals surface area (Å²) in [7, 11) is 1.62. The first-order chi connectivity index (χ1) is 14.0. The molecule has 0 aromatic heterocycles. The molecule has 0 unspecified atom stereocenters. The quantitative estimate of drug-likeness (QED) is 0.508. The third kappa shape index (κ3) is 5.87. The van der Waals surface area contributed by atoms with E-state index in [4.69, 9.17) is 16.3 Å². The lowest BCUT2D eigenvalue weighted by Crippen LogP contribution is -2.36. The molecule has 0 heterocycles. The maximum Gasteiger partial charge on any atom is 0.326 e. The molecule has 0 aliphatic carbocycles. The number of rotatable bonds is 6. The van der Waals surface area contributed by atoms with E-state index in [1.165, 1.54) is 0 Å². The van der Waals surface area contributed by atoms with Crippen LogP contribution >= 0.6 is 11.6 Å². The number of benzene rings is 3. The van der Waals surface area contributed by atoms with Gasteiger partial charge >= 0.3 is 6.03 Å². The summed E-state index contributed by atoms with van der Waals surface area (Å²) < 4.78 is 5.23. The Bertz CT molecular complexity index is 985. The fraction of sp³-hybridized carbons (Fsp3) is 0.125. The molecule has 0 saturated heterocycles. The third-order valence-electron chi connectivity index (χ3n) is 4.33. The summed E-state index contributed by atoms with van der Waals surface area (Å²) in [4.78, 5) is 14.8. The largest absolute Gasteiger partial charge is 0.497 e. The molecule has 0 saturated carbocycles. The van der Waals surface area contributed by atoms with Crippen molar-refractivity contribution in [1.82, 2.24) is 0 Å².